The van der Waals surface area contributed by atoms with Gasteiger partial charge in [-0.15, -0.1) is 0 Å². The Morgan fingerprint density at radius 2 is 2.31 bits per heavy atom. The third-order valence-corrected chi connectivity index (χ3v) is 2.13. The Hall–Kier alpha value is -2.30. The van der Waals surface area contributed by atoms with E-state index in [1.807, 2.05) is 0 Å². The number of hydrogen-bond acceptors (Lipinski definition) is 4. The zero-order valence-electron chi connectivity index (χ0n) is 8.51. The third-order valence-electron chi connectivity index (χ3n) is 2.13. The molecule has 0 fully saturated rings. The Morgan fingerprint density at radius 3 is 3.00 bits per heavy atom. The van der Waals surface area contributed by atoms with E-state index in [4.69, 9.17) is 14.4 Å². The van der Waals surface area contributed by atoms with E-state index in [0.717, 1.165) is 0 Å². The summed E-state index contributed by atoms with van der Waals surface area (Å²) < 4.78 is 9.97. The number of aromatic nitrogens is 1. The van der Waals surface area contributed by atoms with Crippen molar-refractivity contribution in [3.8, 4) is 17.1 Å². The van der Waals surface area contributed by atoms with Crippen molar-refractivity contribution >= 4 is 5.97 Å². The van der Waals surface area contributed by atoms with Crippen molar-refractivity contribution in [3.63, 3.8) is 0 Å². The first-order valence-corrected chi connectivity index (χ1v) is 4.55. The smallest absolute Gasteiger partial charge is 0.341 e. The number of benzene rings is 1. The Morgan fingerprint density at radius 1 is 1.50 bits per heavy atom. The first kappa shape index (κ1) is 10.2. The van der Waals surface area contributed by atoms with Crippen LogP contribution in [0.1, 0.15) is 10.4 Å². The summed E-state index contributed by atoms with van der Waals surface area (Å²) in [6.07, 6.45) is 1.18. The molecule has 82 valence electrons. The molecule has 16 heavy (non-hydrogen) atoms. The lowest BCUT2D eigenvalue weighted by Gasteiger charge is -2.01. The SMILES string of the molecule is COc1cccc(-c2oncc2C(=O)O)c1. The van der Waals surface area contributed by atoms with Crippen LogP contribution in [0.2, 0.25) is 0 Å². The minimum Gasteiger partial charge on any atom is -0.497 e. The Labute approximate surface area is 91.3 Å². The zero-order valence-corrected chi connectivity index (χ0v) is 8.51. The van der Waals surface area contributed by atoms with Crippen LogP contribution in [0.4, 0.5) is 0 Å². The summed E-state index contributed by atoms with van der Waals surface area (Å²) in [5.74, 6) is -0.212. The number of carbonyl (C=O) groups is 1. The van der Waals surface area contributed by atoms with E-state index in [1.165, 1.54) is 13.3 Å². The highest BCUT2D eigenvalue weighted by Gasteiger charge is 2.16. The topological polar surface area (TPSA) is 72.6 Å². The monoisotopic (exact) mass is 219 g/mol. The molecule has 1 N–H and O–H groups in total. The van der Waals surface area contributed by atoms with E-state index in [2.05, 4.69) is 5.16 Å². The number of nitrogens with zero attached hydrogens (tertiary/aromatic N) is 1. The van der Waals surface area contributed by atoms with E-state index < -0.39 is 5.97 Å². The second kappa shape index (κ2) is 4.06. The lowest BCUT2D eigenvalue weighted by atomic mass is 10.1. The van der Waals surface area contributed by atoms with Crippen molar-refractivity contribution in [2.45, 2.75) is 0 Å². The maximum absolute atomic E-state index is 10.9. The summed E-state index contributed by atoms with van der Waals surface area (Å²) in [6.45, 7) is 0. The molecule has 2 aromatic rings. The molecular weight excluding hydrogens is 210 g/mol. The molecule has 1 aromatic carbocycles. The van der Waals surface area contributed by atoms with Gasteiger partial charge in [0.05, 0.1) is 13.3 Å². The van der Waals surface area contributed by atoms with Crippen LogP contribution in [0.25, 0.3) is 11.3 Å². The molecule has 0 aliphatic carbocycles. The molecule has 0 radical (unpaired) electrons. The average Bonchev–Trinajstić information content (AvgIpc) is 2.78. The second-order valence-electron chi connectivity index (χ2n) is 3.11. The van der Waals surface area contributed by atoms with Crippen molar-refractivity contribution in [2.75, 3.05) is 7.11 Å². The Kier molecular flexibility index (Phi) is 2.59. The van der Waals surface area contributed by atoms with Crippen LogP contribution in [0.15, 0.2) is 35.0 Å². The highest BCUT2D eigenvalue weighted by atomic mass is 16.5. The van der Waals surface area contributed by atoms with Gasteiger partial charge in [-0.1, -0.05) is 17.3 Å². The number of carboxylic acids is 1. The van der Waals surface area contributed by atoms with Gasteiger partial charge in [0, 0.05) is 5.56 Å². The number of aromatic carboxylic acids is 1. The van der Waals surface area contributed by atoms with Crippen LogP contribution in [-0.4, -0.2) is 23.3 Å². The van der Waals surface area contributed by atoms with Crippen LogP contribution < -0.4 is 4.74 Å². The molecule has 1 aromatic heterocycles. The van der Waals surface area contributed by atoms with Gasteiger partial charge < -0.3 is 14.4 Å². The maximum atomic E-state index is 10.9. The van der Waals surface area contributed by atoms with E-state index in [1.54, 1.807) is 24.3 Å². The van der Waals surface area contributed by atoms with E-state index >= 15 is 0 Å². The van der Waals surface area contributed by atoms with Crippen molar-refractivity contribution in [3.05, 3.63) is 36.0 Å². The minimum atomic E-state index is -1.07. The number of hydrogen-bond donors (Lipinski definition) is 1. The van der Waals surface area contributed by atoms with Crippen LogP contribution in [0, 0.1) is 0 Å². The van der Waals surface area contributed by atoms with Crippen LogP contribution in [-0.2, 0) is 0 Å². The fourth-order valence-electron chi connectivity index (χ4n) is 1.36. The molecule has 0 aliphatic heterocycles. The minimum absolute atomic E-state index is 0.0354. The van der Waals surface area contributed by atoms with Crippen LogP contribution >= 0.6 is 0 Å². The molecular formula is C11H9NO4. The quantitative estimate of drug-likeness (QED) is 0.855. The highest BCUT2D eigenvalue weighted by Crippen LogP contribution is 2.26. The lowest BCUT2D eigenvalue weighted by Crippen LogP contribution is -1.96. The van der Waals surface area contributed by atoms with Gasteiger partial charge >= 0.3 is 5.97 Å². The van der Waals surface area contributed by atoms with E-state index in [0.29, 0.717) is 11.3 Å². The molecule has 5 nitrogen and oxygen atoms in total. The first-order chi connectivity index (χ1) is 7.72. The first-order valence-electron chi connectivity index (χ1n) is 4.55. The number of carboxylic acid groups (broad SMARTS) is 1. The highest BCUT2D eigenvalue weighted by molar-refractivity contribution is 5.93. The normalized spacial score (nSPS) is 10.1. The maximum Gasteiger partial charge on any atom is 0.341 e. The van der Waals surface area contributed by atoms with Gasteiger partial charge in [-0.05, 0) is 12.1 Å². The molecule has 5 heteroatoms. The van der Waals surface area contributed by atoms with Gasteiger partial charge in [-0.2, -0.15) is 0 Å². The fourth-order valence-corrected chi connectivity index (χ4v) is 1.36. The summed E-state index contributed by atoms with van der Waals surface area (Å²) in [7, 11) is 1.54. The molecule has 0 spiro atoms. The summed E-state index contributed by atoms with van der Waals surface area (Å²) in [4.78, 5) is 10.9. The Bertz CT molecular complexity index is 518. The van der Waals surface area contributed by atoms with Crippen molar-refractivity contribution in [1.82, 2.24) is 5.16 Å². The van der Waals surface area contributed by atoms with Gasteiger partial charge in [0.15, 0.2) is 5.76 Å². The van der Waals surface area contributed by atoms with E-state index in [-0.39, 0.29) is 11.3 Å². The molecule has 0 bridgehead atoms. The summed E-state index contributed by atoms with van der Waals surface area (Å²) in [5.41, 5.74) is 0.655. The van der Waals surface area contributed by atoms with E-state index in [9.17, 15) is 4.79 Å². The predicted octanol–water partition coefficient (Wildman–Crippen LogP) is 2.05. The molecule has 0 saturated carbocycles. The summed E-state index contributed by atoms with van der Waals surface area (Å²) in [5, 5.41) is 12.4. The molecule has 0 saturated heterocycles. The van der Waals surface area contributed by atoms with Crippen molar-refractivity contribution in [2.24, 2.45) is 0 Å². The molecule has 1 heterocycles. The predicted molar refractivity (Wildman–Crippen MR) is 55.5 cm³/mol. The standard InChI is InChI=1S/C11H9NO4/c1-15-8-4-2-3-7(5-8)10-9(11(13)14)6-12-16-10/h2-6H,1H3,(H,13,14). The van der Waals surface area contributed by atoms with Crippen molar-refractivity contribution < 1.29 is 19.2 Å². The van der Waals surface area contributed by atoms with Crippen molar-refractivity contribution in [1.29, 1.82) is 0 Å². The lowest BCUT2D eigenvalue weighted by molar-refractivity contribution is 0.0697. The van der Waals surface area contributed by atoms with Gasteiger partial charge in [0.1, 0.15) is 11.3 Å². The molecule has 2 rings (SSSR count). The molecule has 0 amide bonds. The number of rotatable bonds is 3. The van der Waals surface area contributed by atoms with Crippen LogP contribution in [0.5, 0.6) is 5.75 Å². The molecule has 0 atom stereocenters. The fraction of sp³-hybridized carbons (Fsp3) is 0.0909. The largest absolute Gasteiger partial charge is 0.497 e. The zero-order chi connectivity index (χ0) is 11.5. The third kappa shape index (κ3) is 1.75. The second-order valence-corrected chi connectivity index (χ2v) is 3.11. The van der Waals surface area contributed by atoms with Gasteiger partial charge in [-0.25, -0.2) is 4.79 Å². The summed E-state index contributed by atoms with van der Waals surface area (Å²) >= 11 is 0. The number of ether oxygens (including phenoxy) is 1. The average molecular weight is 219 g/mol. The van der Waals surface area contributed by atoms with Gasteiger partial charge in [-0.3, -0.25) is 0 Å². The summed E-state index contributed by atoms with van der Waals surface area (Å²) in [6, 6.07) is 6.94. The van der Waals surface area contributed by atoms with Crippen LogP contribution in [0.3, 0.4) is 0 Å². The van der Waals surface area contributed by atoms with Gasteiger partial charge in [0.2, 0.25) is 0 Å². The van der Waals surface area contributed by atoms with Gasteiger partial charge in [0.25, 0.3) is 0 Å². The number of methoxy groups -OCH3 is 1. The molecule has 0 unspecified atom stereocenters. The Balaban J connectivity index is 2.50. The molecule has 0 aliphatic rings.